The molecule has 0 atom stereocenters. The van der Waals surface area contributed by atoms with Gasteiger partial charge in [-0.3, -0.25) is 4.57 Å². The zero-order chi connectivity index (χ0) is 19.8. The first kappa shape index (κ1) is 19.2. The molecule has 148 valence electrons. The van der Waals surface area contributed by atoms with E-state index in [1.54, 1.807) is 15.5 Å². The van der Waals surface area contributed by atoms with Gasteiger partial charge >= 0.3 is 18.4 Å². The van der Waals surface area contributed by atoms with Crippen LogP contribution in [0.1, 0.15) is 39.7 Å². The topological polar surface area (TPSA) is 76.6 Å². The van der Waals surface area contributed by atoms with Crippen LogP contribution < -0.4 is 10.4 Å². The van der Waals surface area contributed by atoms with Gasteiger partial charge in [0.2, 0.25) is 0 Å². The third-order valence-electron chi connectivity index (χ3n) is 4.40. The number of H-pyrrole nitrogens is 1. The number of ether oxygens (including phenoxy) is 2. The summed E-state index contributed by atoms with van der Waals surface area (Å²) in [5, 5.41) is 0. The number of hydrogen-bond donors (Lipinski definition) is 1. The molecular weight excluding hydrogens is 360 g/mol. The van der Waals surface area contributed by atoms with Gasteiger partial charge in [0.15, 0.2) is 0 Å². The Hall–Kier alpha value is -2.58. The molecule has 1 amide bonds. The van der Waals surface area contributed by atoms with Crippen molar-refractivity contribution in [2.75, 3.05) is 13.1 Å². The van der Waals surface area contributed by atoms with E-state index in [4.69, 9.17) is 4.74 Å². The molecule has 2 aromatic rings. The van der Waals surface area contributed by atoms with Crippen LogP contribution in [0.3, 0.4) is 0 Å². The minimum absolute atomic E-state index is 0.00330. The first-order valence-electron chi connectivity index (χ1n) is 8.81. The van der Waals surface area contributed by atoms with E-state index in [0.717, 1.165) is 0 Å². The van der Waals surface area contributed by atoms with Crippen LogP contribution in [0, 0.1) is 0 Å². The first-order chi connectivity index (χ1) is 12.6. The Bertz CT molecular complexity index is 877. The van der Waals surface area contributed by atoms with Crippen LogP contribution >= 0.6 is 0 Å². The smallest absolute Gasteiger partial charge is 0.410 e. The normalized spacial score (nSPS) is 16.1. The van der Waals surface area contributed by atoms with Gasteiger partial charge in [0.1, 0.15) is 11.4 Å². The molecule has 0 bridgehead atoms. The quantitative estimate of drug-likeness (QED) is 0.880. The minimum atomic E-state index is -2.93. The maximum Gasteiger partial charge on any atom is 0.410 e. The van der Waals surface area contributed by atoms with Gasteiger partial charge in [0.05, 0.1) is 11.0 Å². The second-order valence-corrected chi connectivity index (χ2v) is 7.56. The summed E-state index contributed by atoms with van der Waals surface area (Å²) < 4.78 is 36.3. The first-order valence-corrected chi connectivity index (χ1v) is 8.81. The lowest BCUT2D eigenvalue weighted by Crippen LogP contribution is -2.43. The molecule has 1 aliphatic heterocycles. The van der Waals surface area contributed by atoms with E-state index < -0.39 is 12.2 Å². The van der Waals surface area contributed by atoms with E-state index in [0.29, 0.717) is 37.0 Å². The summed E-state index contributed by atoms with van der Waals surface area (Å²) in [4.78, 5) is 28.9. The Labute approximate surface area is 154 Å². The van der Waals surface area contributed by atoms with E-state index in [1.807, 2.05) is 20.8 Å². The van der Waals surface area contributed by atoms with E-state index in [2.05, 4.69) is 9.72 Å². The van der Waals surface area contributed by atoms with E-state index in [1.165, 1.54) is 12.1 Å². The Morgan fingerprint density at radius 1 is 1.26 bits per heavy atom. The number of fused-ring (bicyclic) bond motifs is 1. The second kappa shape index (κ2) is 7.21. The summed E-state index contributed by atoms with van der Waals surface area (Å²) in [5.74, 6) is -0.00330. The van der Waals surface area contributed by atoms with Crippen molar-refractivity contribution in [1.29, 1.82) is 0 Å². The predicted octanol–water partition coefficient (Wildman–Crippen LogP) is 3.50. The summed E-state index contributed by atoms with van der Waals surface area (Å²) in [7, 11) is 0. The second-order valence-electron chi connectivity index (χ2n) is 7.56. The van der Waals surface area contributed by atoms with Crippen LogP contribution in [-0.2, 0) is 4.74 Å². The van der Waals surface area contributed by atoms with Crippen molar-refractivity contribution in [2.45, 2.75) is 51.9 Å². The minimum Gasteiger partial charge on any atom is -0.444 e. The number of halogens is 2. The number of carbonyl (C=O) groups is 1. The zero-order valence-electron chi connectivity index (χ0n) is 15.5. The van der Waals surface area contributed by atoms with Gasteiger partial charge in [-0.1, -0.05) is 0 Å². The van der Waals surface area contributed by atoms with Crippen LogP contribution in [-0.4, -0.2) is 45.8 Å². The fourth-order valence-electron chi connectivity index (χ4n) is 3.27. The molecule has 7 nitrogen and oxygen atoms in total. The van der Waals surface area contributed by atoms with E-state index in [-0.39, 0.29) is 23.6 Å². The summed E-state index contributed by atoms with van der Waals surface area (Å²) in [5.41, 5.74) is 0.183. The number of benzene rings is 1. The molecular formula is C18H23F2N3O4. The van der Waals surface area contributed by atoms with Crippen molar-refractivity contribution in [2.24, 2.45) is 0 Å². The number of imidazole rings is 1. The van der Waals surface area contributed by atoms with Crippen LogP contribution in [0.4, 0.5) is 13.6 Å². The molecule has 27 heavy (non-hydrogen) atoms. The lowest BCUT2D eigenvalue weighted by molar-refractivity contribution is -0.0497. The fraction of sp³-hybridized carbons (Fsp3) is 0.556. The van der Waals surface area contributed by atoms with Gasteiger partial charge in [-0.15, -0.1) is 0 Å². The highest BCUT2D eigenvalue weighted by Gasteiger charge is 2.29. The highest BCUT2D eigenvalue weighted by atomic mass is 19.3. The van der Waals surface area contributed by atoms with Crippen molar-refractivity contribution < 1.29 is 23.0 Å². The van der Waals surface area contributed by atoms with Crippen molar-refractivity contribution in [3.63, 3.8) is 0 Å². The lowest BCUT2D eigenvalue weighted by atomic mass is 10.0. The van der Waals surface area contributed by atoms with Crippen molar-refractivity contribution in [3.8, 4) is 5.75 Å². The van der Waals surface area contributed by atoms with Crippen LogP contribution in [0.2, 0.25) is 0 Å². The van der Waals surface area contributed by atoms with Crippen molar-refractivity contribution in [1.82, 2.24) is 14.5 Å². The zero-order valence-corrected chi connectivity index (χ0v) is 15.5. The molecule has 9 heteroatoms. The van der Waals surface area contributed by atoms with Gasteiger partial charge in [0, 0.05) is 25.2 Å². The molecule has 0 saturated carbocycles. The molecule has 0 aliphatic carbocycles. The molecule has 1 aliphatic rings. The van der Waals surface area contributed by atoms with Gasteiger partial charge in [-0.25, -0.2) is 9.59 Å². The number of nitrogens with one attached hydrogen (secondary N) is 1. The largest absolute Gasteiger partial charge is 0.444 e. The number of alkyl halides is 2. The summed E-state index contributed by atoms with van der Waals surface area (Å²) in [6, 6.07) is 4.21. The molecule has 1 fully saturated rings. The Balaban J connectivity index is 1.77. The average molecular weight is 383 g/mol. The van der Waals surface area contributed by atoms with Gasteiger partial charge in [-0.2, -0.15) is 8.78 Å². The molecule has 0 radical (unpaired) electrons. The van der Waals surface area contributed by atoms with Gasteiger partial charge in [0.25, 0.3) is 0 Å². The maximum absolute atomic E-state index is 12.5. The molecule has 0 unspecified atom stereocenters. The van der Waals surface area contributed by atoms with E-state index in [9.17, 15) is 18.4 Å². The number of piperidine rings is 1. The standard InChI is InChI=1S/C18H23F2N3O4/c1-18(2,3)27-17(25)22-8-6-11(7-9-22)23-14-10-12(26-15(19)20)4-5-13(14)21-16(23)24/h4-5,10-11,15H,6-9H2,1-3H3,(H,21,24). The molecule has 2 heterocycles. The van der Waals surface area contributed by atoms with Crippen LogP contribution in [0.5, 0.6) is 5.75 Å². The fourth-order valence-corrected chi connectivity index (χ4v) is 3.27. The summed E-state index contributed by atoms with van der Waals surface area (Å²) >= 11 is 0. The number of aromatic amines is 1. The number of hydrogen-bond acceptors (Lipinski definition) is 4. The number of carbonyl (C=O) groups excluding carboxylic acids is 1. The molecule has 0 spiro atoms. The average Bonchev–Trinajstić information content (AvgIpc) is 2.88. The molecule has 1 aromatic heterocycles. The number of amides is 1. The highest BCUT2D eigenvalue weighted by molar-refractivity contribution is 5.77. The Kier molecular flexibility index (Phi) is 5.12. The molecule has 1 saturated heterocycles. The third-order valence-corrected chi connectivity index (χ3v) is 4.40. The van der Waals surface area contributed by atoms with E-state index >= 15 is 0 Å². The third kappa shape index (κ3) is 4.40. The van der Waals surface area contributed by atoms with Gasteiger partial charge < -0.3 is 19.4 Å². The van der Waals surface area contributed by atoms with Crippen LogP contribution in [0.25, 0.3) is 11.0 Å². The van der Waals surface area contributed by atoms with Gasteiger partial charge in [-0.05, 0) is 45.7 Å². The summed E-state index contributed by atoms with van der Waals surface area (Å²) in [6.45, 7) is 3.39. The predicted molar refractivity (Wildman–Crippen MR) is 95.3 cm³/mol. The Morgan fingerprint density at radius 2 is 1.93 bits per heavy atom. The Morgan fingerprint density at radius 3 is 2.52 bits per heavy atom. The van der Waals surface area contributed by atoms with Crippen molar-refractivity contribution in [3.05, 3.63) is 28.7 Å². The lowest BCUT2D eigenvalue weighted by Gasteiger charge is -2.33. The monoisotopic (exact) mass is 383 g/mol. The highest BCUT2D eigenvalue weighted by Crippen LogP contribution is 2.28. The van der Waals surface area contributed by atoms with Crippen LogP contribution in [0.15, 0.2) is 23.0 Å². The SMILES string of the molecule is CC(C)(C)OC(=O)N1CCC(n2c(=O)[nH]c3ccc(OC(F)F)cc32)CC1. The number of likely N-dealkylation sites (tertiary alicyclic amines) is 1. The molecule has 1 N–H and O–H groups in total. The van der Waals surface area contributed by atoms with Crippen molar-refractivity contribution >= 4 is 17.1 Å². The number of nitrogens with zero attached hydrogens (tertiary/aromatic N) is 2. The summed E-state index contributed by atoms with van der Waals surface area (Å²) in [6.07, 6.45) is 0.748. The molecule has 1 aromatic carbocycles. The molecule has 3 rings (SSSR count). The maximum atomic E-state index is 12.5. The number of rotatable bonds is 3. The number of aromatic nitrogens is 2.